The summed E-state index contributed by atoms with van der Waals surface area (Å²) in [5.41, 5.74) is 6.76. The Morgan fingerprint density at radius 2 is 2.36 bits per heavy atom. The molecule has 0 saturated heterocycles. The summed E-state index contributed by atoms with van der Waals surface area (Å²) in [5, 5.41) is 1.73. The number of fused-ring (bicyclic) bond motifs is 1. The van der Waals surface area contributed by atoms with E-state index in [0.717, 1.165) is 29.5 Å². The molecule has 11 heavy (non-hydrogen) atoms. The highest BCUT2D eigenvalue weighted by Gasteiger charge is 2.11. The van der Waals surface area contributed by atoms with Crippen LogP contribution in [0.1, 0.15) is 18.4 Å². The van der Waals surface area contributed by atoms with Crippen LogP contribution in [0.25, 0.3) is 0 Å². The van der Waals surface area contributed by atoms with Crippen molar-refractivity contribution in [3.05, 3.63) is 11.6 Å². The lowest BCUT2D eigenvalue weighted by Gasteiger charge is -1.97. The van der Waals surface area contributed by atoms with Crippen LogP contribution in [0, 0.1) is 6.07 Å². The minimum atomic E-state index is 0.747. The van der Waals surface area contributed by atoms with Gasteiger partial charge in [0.1, 0.15) is 0 Å². The molecule has 0 aromatic carbocycles. The summed E-state index contributed by atoms with van der Waals surface area (Å²) in [4.78, 5) is 0. The number of hydrogen-bond acceptors (Lipinski definition) is 3. The summed E-state index contributed by atoms with van der Waals surface area (Å²) in [6.45, 7) is 0.834. The van der Waals surface area contributed by atoms with Gasteiger partial charge in [-0.2, -0.15) is 0 Å². The molecule has 1 aromatic heterocycles. The Kier molecular flexibility index (Phi) is 1.74. The molecule has 0 atom stereocenters. The molecule has 1 aromatic rings. The molecule has 2 N–H and O–H groups in total. The molecule has 2 nitrogen and oxygen atoms in total. The summed E-state index contributed by atoms with van der Waals surface area (Å²) >= 11 is 1.50. The van der Waals surface area contributed by atoms with E-state index < -0.39 is 0 Å². The van der Waals surface area contributed by atoms with Gasteiger partial charge < -0.3 is 10.5 Å². The van der Waals surface area contributed by atoms with Gasteiger partial charge in [0.05, 0.1) is 11.6 Å². The molecular formula is C8H10NOS. The van der Waals surface area contributed by atoms with Crippen LogP contribution in [0.15, 0.2) is 0 Å². The molecule has 59 valence electrons. The zero-order valence-electron chi connectivity index (χ0n) is 6.22. The second kappa shape index (κ2) is 2.74. The molecule has 0 bridgehead atoms. The van der Waals surface area contributed by atoms with Crippen molar-refractivity contribution in [2.45, 2.75) is 19.3 Å². The van der Waals surface area contributed by atoms with Crippen molar-refractivity contribution in [1.29, 1.82) is 0 Å². The molecule has 1 aliphatic rings. The van der Waals surface area contributed by atoms with Gasteiger partial charge in [-0.25, -0.2) is 0 Å². The Morgan fingerprint density at radius 3 is 3.27 bits per heavy atom. The summed E-state index contributed by atoms with van der Waals surface area (Å²) < 4.78 is 5.48. The highest BCUT2D eigenvalue weighted by molar-refractivity contribution is 7.17. The van der Waals surface area contributed by atoms with Crippen molar-refractivity contribution in [2.75, 3.05) is 12.3 Å². The van der Waals surface area contributed by atoms with Gasteiger partial charge in [0, 0.05) is 11.6 Å². The molecule has 2 heterocycles. The zero-order valence-corrected chi connectivity index (χ0v) is 7.04. The van der Waals surface area contributed by atoms with E-state index in [9.17, 15) is 0 Å². The van der Waals surface area contributed by atoms with Gasteiger partial charge >= 0.3 is 0 Å². The zero-order chi connectivity index (χ0) is 7.68. The number of anilines is 1. The fraction of sp³-hybridized carbons (Fsp3) is 0.500. The molecule has 2 rings (SSSR count). The van der Waals surface area contributed by atoms with Crippen molar-refractivity contribution >= 4 is 16.3 Å². The molecule has 1 aliphatic heterocycles. The van der Waals surface area contributed by atoms with Crippen LogP contribution in [-0.2, 0) is 6.42 Å². The first kappa shape index (κ1) is 6.98. The second-order valence-electron chi connectivity index (χ2n) is 2.66. The van der Waals surface area contributed by atoms with Crippen LogP contribution < -0.4 is 10.5 Å². The van der Waals surface area contributed by atoms with E-state index in [0.29, 0.717) is 0 Å². The van der Waals surface area contributed by atoms with Crippen LogP contribution in [0.5, 0.6) is 5.06 Å². The van der Waals surface area contributed by atoms with Crippen LogP contribution >= 0.6 is 11.3 Å². The first-order valence-corrected chi connectivity index (χ1v) is 4.61. The van der Waals surface area contributed by atoms with E-state index >= 15 is 0 Å². The standard InChI is InChI=1S/C8H10NOS/c9-7-5-6-3-1-2-4-10-8(6)11-7/h1-4,9H2. The summed E-state index contributed by atoms with van der Waals surface area (Å²) in [7, 11) is 0. The van der Waals surface area contributed by atoms with Gasteiger partial charge in [-0.15, -0.1) is 0 Å². The van der Waals surface area contributed by atoms with E-state index in [1.807, 2.05) is 0 Å². The Morgan fingerprint density at radius 1 is 1.45 bits per heavy atom. The Labute approximate surface area is 70.0 Å². The summed E-state index contributed by atoms with van der Waals surface area (Å²) in [6.07, 6.45) is 3.41. The smallest absolute Gasteiger partial charge is 0.179 e. The molecule has 1 radical (unpaired) electrons. The van der Waals surface area contributed by atoms with Gasteiger partial charge in [-0.05, 0) is 19.3 Å². The predicted molar refractivity (Wildman–Crippen MR) is 46.0 cm³/mol. The predicted octanol–water partition coefficient (Wildman–Crippen LogP) is 1.85. The van der Waals surface area contributed by atoms with E-state index in [1.54, 1.807) is 0 Å². The Balaban J connectivity index is 2.32. The fourth-order valence-corrected chi connectivity index (χ4v) is 2.03. The number of nitrogen functional groups attached to an aromatic ring is 1. The average Bonchev–Trinajstić information content (AvgIpc) is 2.17. The normalized spacial score (nSPS) is 16.7. The lowest BCUT2D eigenvalue weighted by Crippen LogP contribution is -1.91. The van der Waals surface area contributed by atoms with Gasteiger partial charge in [-0.1, -0.05) is 11.3 Å². The number of nitrogens with two attached hydrogens (primary N) is 1. The molecule has 0 saturated carbocycles. The maximum absolute atomic E-state index is 5.59. The Bertz CT molecular complexity index is 233. The third-order valence-electron chi connectivity index (χ3n) is 1.78. The lowest BCUT2D eigenvalue weighted by molar-refractivity contribution is 0.325. The van der Waals surface area contributed by atoms with Gasteiger partial charge in [0.25, 0.3) is 0 Å². The summed E-state index contributed by atoms with van der Waals surface area (Å²) in [6, 6.07) is 3.11. The number of thiophene rings is 1. The monoisotopic (exact) mass is 168 g/mol. The quantitative estimate of drug-likeness (QED) is 0.641. The topological polar surface area (TPSA) is 35.2 Å². The fourth-order valence-electron chi connectivity index (χ4n) is 1.24. The van der Waals surface area contributed by atoms with Gasteiger partial charge in [-0.3, -0.25) is 0 Å². The molecule has 0 fully saturated rings. The largest absolute Gasteiger partial charge is 0.484 e. The van der Waals surface area contributed by atoms with Crippen molar-refractivity contribution in [1.82, 2.24) is 0 Å². The van der Waals surface area contributed by atoms with E-state index in [-0.39, 0.29) is 0 Å². The first-order chi connectivity index (χ1) is 5.36. The number of aryl methyl sites for hydroxylation is 1. The minimum absolute atomic E-state index is 0.747. The SMILES string of the molecule is Nc1[c]c2c(s1)OCCCC2. The number of rotatable bonds is 0. The summed E-state index contributed by atoms with van der Waals surface area (Å²) in [5.74, 6) is 0. The van der Waals surface area contributed by atoms with E-state index in [4.69, 9.17) is 10.5 Å². The molecule has 0 unspecified atom stereocenters. The molecule has 3 heteroatoms. The van der Waals surface area contributed by atoms with Crippen LogP contribution in [0.2, 0.25) is 0 Å². The number of hydrogen-bond donors (Lipinski definition) is 1. The van der Waals surface area contributed by atoms with Gasteiger partial charge in [0.15, 0.2) is 5.06 Å². The average molecular weight is 168 g/mol. The molecular weight excluding hydrogens is 158 g/mol. The maximum atomic E-state index is 5.59. The van der Waals surface area contributed by atoms with Crippen molar-refractivity contribution in [3.8, 4) is 5.06 Å². The lowest BCUT2D eigenvalue weighted by atomic mass is 10.1. The maximum Gasteiger partial charge on any atom is 0.179 e. The number of ether oxygens (including phenoxy) is 1. The van der Waals surface area contributed by atoms with Crippen molar-refractivity contribution in [3.63, 3.8) is 0 Å². The highest BCUT2D eigenvalue weighted by Crippen LogP contribution is 2.34. The van der Waals surface area contributed by atoms with E-state index in [1.165, 1.54) is 23.3 Å². The molecule has 0 spiro atoms. The third-order valence-corrected chi connectivity index (χ3v) is 2.65. The van der Waals surface area contributed by atoms with Crippen molar-refractivity contribution in [2.24, 2.45) is 0 Å². The van der Waals surface area contributed by atoms with Crippen LogP contribution in [-0.4, -0.2) is 6.61 Å². The van der Waals surface area contributed by atoms with E-state index in [2.05, 4.69) is 6.07 Å². The Hall–Kier alpha value is -0.700. The minimum Gasteiger partial charge on any atom is -0.484 e. The third kappa shape index (κ3) is 1.33. The van der Waals surface area contributed by atoms with Crippen LogP contribution in [0.3, 0.4) is 0 Å². The second-order valence-corrected chi connectivity index (χ2v) is 3.68. The first-order valence-electron chi connectivity index (χ1n) is 3.79. The van der Waals surface area contributed by atoms with Crippen molar-refractivity contribution < 1.29 is 4.74 Å². The molecule has 0 amide bonds. The molecule has 0 aliphatic carbocycles. The van der Waals surface area contributed by atoms with Gasteiger partial charge in [0.2, 0.25) is 0 Å². The van der Waals surface area contributed by atoms with Crippen LogP contribution in [0.4, 0.5) is 5.00 Å². The highest BCUT2D eigenvalue weighted by atomic mass is 32.1.